The fourth-order valence-electron chi connectivity index (χ4n) is 4.13. The molecule has 0 bridgehead atoms. The number of rotatable bonds is 5. The molecule has 1 atom stereocenters. The fraction of sp³-hybridized carbons (Fsp3) is 0.292. The SMILES string of the molecule is CCOC(=O)C[C@H]1CCc2c1ccc(-c1ncc(-c3ccc(F)c(C#N)c3)s1)c2C. The van der Waals surface area contributed by atoms with Crippen LogP contribution in [0.2, 0.25) is 0 Å². The minimum atomic E-state index is -0.516. The molecule has 4 rings (SSSR count). The second-order valence-corrected chi connectivity index (χ2v) is 8.42. The first-order valence-corrected chi connectivity index (χ1v) is 10.8. The Morgan fingerprint density at radius 3 is 2.97 bits per heavy atom. The number of hydrogen-bond acceptors (Lipinski definition) is 5. The fourth-order valence-corrected chi connectivity index (χ4v) is 5.12. The topological polar surface area (TPSA) is 63.0 Å². The summed E-state index contributed by atoms with van der Waals surface area (Å²) in [5.41, 5.74) is 5.61. The Bertz CT molecular complexity index is 1160. The number of carbonyl (C=O) groups is 1. The molecule has 0 saturated heterocycles. The number of thiazole rings is 1. The molecule has 2 aromatic carbocycles. The van der Waals surface area contributed by atoms with E-state index in [-0.39, 0.29) is 17.5 Å². The van der Waals surface area contributed by atoms with E-state index in [0.717, 1.165) is 33.9 Å². The molecule has 0 unspecified atom stereocenters. The smallest absolute Gasteiger partial charge is 0.306 e. The molecule has 0 fully saturated rings. The zero-order chi connectivity index (χ0) is 21.3. The molecular formula is C24H21FN2O2S. The lowest BCUT2D eigenvalue weighted by atomic mass is 9.94. The Hall–Kier alpha value is -3.04. The molecule has 4 nitrogen and oxygen atoms in total. The summed E-state index contributed by atoms with van der Waals surface area (Å²) < 4.78 is 18.7. The standard InChI is InChI=1S/C24H21FN2O2S/c1-3-29-23(28)11-15-4-6-18-14(2)19(7-8-20(15)18)24-27-13-22(30-24)16-5-9-21(25)17(10-16)12-26/h5,7-10,13,15H,3-4,6,11H2,1-2H3/t15-/m1/s1. The molecule has 152 valence electrons. The van der Waals surface area contributed by atoms with Gasteiger partial charge < -0.3 is 4.74 Å². The van der Waals surface area contributed by atoms with Gasteiger partial charge in [0.2, 0.25) is 0 Å². The summed E-state index contributed by atoms with van der Waals surface area (Å²) in [5.74, 6) is -0.446. The highest BCUT2D eigenvalue weighted by molar-refractivity contribution is 7.18. The van der Waals surface area contributed by atoms with Crippen molar-refractivity contribution in [3.05, 3.63) is 64.6 Å². The van der Waals surface area contributed by atoms with Crippen LogP contribution in [-0.2, 0) is 16.0 Å². The molecule has 0 aliphatic heterocycles. The largest absolute Gasteiger partial charge is 0.466 e. The number of carbonyl (C=O) groups excluding carboxylic acids is 1. The van der Waals surface area contributed by atoms with Gasteiger partial charge in [0.1, 0.15) is 16.9 Å². The lowest BCUT2D eigenvalue weighted by Gasteiger charge is -2.13. The predicted molar refractivity (Wildman–Crippen MR) is 115 cm³/mol. The number of nitrogens with zero attached hydrogens (tertiary/aromatic N) is 2. The Kier molecular flexibility index (Phi) is 5.65. The summed E-state index contributed by atoms with van der Waals surface area (Å²) in [4.78, 5) is 17.4. The van der Waals surface area contributed by atoms with Crippen molar-refractivity contribution in [1.29, 1.82) is 5.26 Å². The Morgan fingerprint density at radius 1 is 1.37 bits per heavy atom. The number of hydrogen-bond donors (Lipinski definition) is 0. The van der Waals surface area contributed by atoms with E-state index in [1.165, 1.54) is 34.1 Å². The second-order valence-electron chi connectivity index (χ2n) is 7.39. The molecule has 0 N–H and O–H groups in total. The van der Waals surface area contributed by atoms with E-state index >= 15 is 0 Å². The molecule has 0 spiro atoms. The highest BCUT2D eigenvalue weighted by Crippen LogP contribution is 2.42. The van der Waals surface area contributed by atoms with Crippen LogP contribution < -0.4 is 0 Å². The molecule has 1 aliphatic rings. The zero-order valence-electron chi connectivity index (χ0n) is 16.9. The lowest BCUT2D eigenvalue weighted by Crippen LogP contribution is -2.08. The summed E-state index contributed by atoms with van der Waals surface area (Å²) >= 11 is 1.52. The van der Waals surface area contributed by atoms with Crippen LogP contribution in [0.5, 0.6) is 0 Å². The first kappa shape index (κ1) is 20.2. The Morgan fingerprint density at radius 2 is 2.20 bits per heavy atom. The van der Waals surface area contributed by atoms with Gasteiger partial charge in [0.05, 0.1) is 23.5 Å². The first-order valence-electron chi connectivity index (χ1n) is 9.96. The van der Waals surface area contributed by atoms with Crippen LogP contribution in [0, 0.1) is 24.1 Å². The molecular weight excluding hydrogens is 399 g/mol. The average Bonchev–Trinajstić information content (AvgIpc) is 3.37. The third-order valence-electron chi connectivity index (χ3n) is 5.64. The van der Waals surface area contributed by atoms with Crippen LogP contribution in [-0.4, -0.2) is 17.6 Å². The Labute approximate surface area is 179 Å². The van der Waals surface area contributed by atoms with Gasteiger partial charge in [-0.2, -0.15) is 5.26 Å². The van der Waals surface area contributed by atoms with E-state index in [9.17, 15) is 9.18 Å². The van der Waals surface area contributed by atoms with Crippen LogP contribution in [0.25, 0.3) is 21.0 Å². The molecule has 0 amide bonds. The average molecular weight is 421 g/mol. The molecule has 1 heterocycles. The van der Waals surface area contributed by atoms with E-state index in [4.69, 9.17) is 10.00 Å². The quantitative estimate of drug-likeness (QED) is 0.491. The van der Waals surface area contributed by atoms with Gasteiger partial charge in [0, 0.05) is 11.8 Å². The third kappa shape index (κ3) is 3.73. The maximum atomic E-state index is 13.6. The molecule has 3 aromatic rings. The van der Waals surface area contributed by atoms with Crippen LogP contribution in [0.3, 0.4) is 0 Å². The summed E-state index contributed by atoms with van der Waals surface area (Å²) in [5, 5.41) is 9.96. The predicted octanol–water partition coefficient (Wildman–Crippen LogP) is 5.78. The van der Waals surface area contributed by atoms with Crippen molar-refractivity contribution < 1.29 is 13.9 Å². The van der Waals surface area contributed by atoms with Gasteiger partial charge in [-0.3, -0.25) is 4.79 Å². The number of aromatic nitrogens is 1. The highest BCUT2D eigenvalue weighted by Gasteiger charge is 2.27. The summed E-state index contributed by atoms with van der Waals surface area (Å²) in [6, 6.07) is 10.6. The van der Waals surface area contributed by atoms with Crippen molar-refractivity contribution in [1.82, 2.24) is 4.98 Å². The van der Waals surface area contributed by atoms with E-state index < -0.39 is 5.82 Å². The molecule has 1 aromatic heterocycles. The molecule has 30 heavy (non-hydrogen) atoms. The first-order chi connectivity index (χ1) is 14.5. The highest BCUT2D eigenvalue weighted by atomic mass is 32.1. The van der Waals surface area contributed by atoms with Gasteiger partial charge in [-0.15, -0.1) is 11.3 Å². The van der Waals surface area contributed by atoms with Gasteiger partial charge in [0.25, 0.3) is 0 Å². The van der Waals surface area contributed by atoms with E-state index in [1.807, 2.05) is 13.0 Å². The normalized spacial score (nSPS) is 14.9. The monoisotopic (exact) mass is 420 g/mol. The maximum Gasteiger partial charge on any atom is 0.306 e. The number of benzene rings is 2. The van der Waals surface area contributed by atoms with Crippen molar-refractivity contribution in [2.75, 3.05) is 6.61 Å². The van der Waals surface area contributed by atoms with Crippen molar-refractivity contribution in [3.63, 3.8) is 0 Å². The Balaban J connectivity index is 1.63. The summed E-state index contributed by atoms with van der Waals surface area (Å²) in [7, 11) is 0. The van der Waals surface area contributed by atoms with Crippen LogP contribution in [0.1, 0.15) is 47.9 Å². The molecule has 1 aliphatic carbocycles. The summed E-state index contributed by atoms with van der Waals surface area (Å²) in [6.45, 7) is 4.34. The third-order valence-corrected chi connectivity index (χ3v) is 6.72. The van der Waals surface area contributed by atoms with E-state index in [0.29, 0.717) is 13.0 Å². The number of esters is 1. The van der Waals surface area contributed by atoms with Gasteiger partial charge in [0.15, 0.2) is 0 Å². The molecule has 6 heteroatoms. The number of fused-ring (bicyclic) bond motifs is 1. The number of halogens is 1. The van der Waals surface area contributed by atoms with Gasteiger partial charge in [-0.1, -0.05) is 18.2 Å². The van der Waals surface area contributed by atoms with Crippen LogP contribution >= 0.6 is 11.3 Å². The number of nitriles is 1. The summed E-state index contributed by atoms with van der Waals surface area (Å²) in [6.07, 6.45) is 4.09. The van der Waals surface area contributed by atoms with Gasteiger partial charge in [-0.25, -0.2) is 9.37 Å². The van der Waals surface area contributed by atoms with Crippen LogP contribution in [0.15, 0.2) is 36.5 Å². The molecule has 0 saturated carbocycles. The van der Waals surface area contributed by atoms with Crippen molar-refractivity contribution >= 4 is 17.3 Å². The zero-order valence-corrected chi connectivity index (χ0v) is 17.7. The molecule has 0 radical (unpaired) electrons. The van der Waals surface area contributed by atoms with E-state index in [1.54, 1.807) is 18.3 Å². The van der Waals surface area contributed by atoms with E-state index in [2.05, 4.69) is 24.0 Å². The van der Waals surface area contributed by atoms with Crippen molar-refractivity contribution in [2.24, 2.45) is 0 Å². The van der Waals surface area contributed by atoms with Crippen LogP contribution in [0.4, 0.5) is 4.39 Å². The van der Waals surface area contributed by atoms with Crippen molar-refractivity contribution in [2.45, 2.75) is 39.0 Å². The van der Waals surface area contributed by atoms with Gasteiger partial charge in [-0.05, 0) is 67.0 Å². The lowest BCUT2D eigenvalue weighted by molar-refractivity contribution is -0.143. The minimum Gasteiger partial charge on any atom is -0.466 e. The number of ether oxygens (including phenoxy) is 1. The van der Waals surface area contributed by atoms with Gasteiger partial charge >= 0.3 is 5.97 Å². The van der Waals surface area contributed by atoms with Crippen molar-refractivity contribution in [3.8, 4) is 27.1 Å². The second kappa shape index (κ2) is 8.37. The maximum absolute atomic E-state index is 13.6. The minimum absolute atomic E-state index is 0.0313.